The fraction of sp³-hybridized carbons (Fsp3) is 0.276. The van der Waals surface area contributed by atoms with Crippen LogP contribution in [0.4, 0.5) is 26.3 Å². The Morgan fingerprint density at radius 2 is 1.30 bits per heavy atom. The van der Waals surface area contributed by atoms with Crippen molar-refractivity contribution in [2.45, 2.75) is 44.4 Å². The molecule has 0 aromatic heterocycles. The van der Waals surface area contributed by atoms with Crippen LogP contribution in [-0.2, 0) is 34.9 Å². The van der Waals surface area contributed by atoms with Crippen LogP contribution in [0.2, 0.25) is 0 Å². The molecule has 5 N–H and O–H groups in total. The number of ketones is 1. The number of hydrogen-bond acceptors (Lipinski definition) is 6. The molecule has 8 nitrogen and oxygen atoms in total. The van der Waals surface area contributed by atoms with E-state index in [0.29, 0.717) is 17.7 Å². The van der Waals surface area contributed by atoms with E-state index in [4.69, 9.17) is 5.21 Å². The van der Waals surface area contributed by atoms with E-state index in [1.54, 1.807) is 36.4 Å². The number of aliphatic hydroxyl groups excluding tert-OH is 1. The molecule has 0 radical (unpaired) electrons. The van der Waals surface area contributed by atoms with Crippen molar-refractivity contribution in [3.63, 3.8) is 0 Å². The Labute approximate surface area is 241 Å². The van der Waals surface area contributed by atoms with Gasteiger partial charge < -0.3 is 15.7 Å². The number of benzene rings is 3. The summed E-state index contributed by atoms with van der Waals surface area (Å²) in [7, 11) is 0. The van der Waals surface area contributed by atoms with Crippen molar-refractivity contribution < 1.29 is 51.0 Å². The number of hydrogen-bond donors (Lipinski definition) is 5. The molecular weight excluding hydrogens is 584 g/mol. The van der Waals surface area contributed by atoms with E-state index in [1.807, 2.05) is 0 Å². The Kier molecular flexibility index (Phi) is 10.7. The molecule has 0 aliphatic heterocycles. The second-order valence-electron chi connectivity index (χ2n) is 9.68. The number of rotatable bonds is 11. The second-order valence-corrected chi connectivity index (χ2v) is 9.68. The minimum Gasteiger partial charge on any atom is -0.391 e. The number of carbonyl (C=O) groups is 3. The van der Waals surface area contributed by atoms with Crippen LogP contribution in [0.25, 0.3) is 11.1 Å². The molecule has 0 aliphatic carbocycles. The summed E-state index contributed by atoms with van der Waals surface area (Å²) in [5.74, 6) is -1.97. The zero-order chi connectivity index (χ0) is 31.9. The van der Waals surface area contributed by atoms with E-state index in [0.717, 1.165) is 11.1 Å². The van der Waals surface area contributed by atoms with Crippen LogP contribution in [0.1, 0.15) is 39.5 Å². The number of alkyl halides is 6. The zero-order valence-electron chi connectivity index (χ0n) is 22.5. The molecule has 43 heavy (non-hydrogen) atoms. The van der Waals surface area contributed by atoms with Crippen LogP contribution in [0.15, 0.2) is 66.7 Å². The van der Waals surface area contributed by atoms with E-state index >= 15 is 0 Å². The average Bonchev–Trinajstić information content (AvgIpc) is 2.94. The topological polar surface area (TPSA) is 128 Å². The molecule has 0 heterocycles. The molecule has 0 unspecified atom stereocenters. The first kappa shape index (κ1) is 33.2. The maximum Gasteiger partial charge on any atom is 0.416 e. The van der Waals surface area contributed by atoms with Crippen LogP contribution in [0.5, 0.6) is 0 Å². The van der Waals surface area contributed by atoms with Crippen molar-refractivity contribution in [2.75, 3.05) is 6.54 Å². The van der Waals surface area contributed by atoms with Crippen molar-refractivity contribution in [3.05, 3.63) is 94.5 Å². The largest absolute Gasteiger partial charge is 0.416 e. The smallest absolute Gasteiger partial charge is 0.391 e. The molecule has 3 rings (SSSR count). The lowest BCUT2D eigenvalue weighted by atomic mass is 10.0. The highest BCUT2D eigenvalue weighted by Crippen LogP contribution is 2.36. The number of carbonyl (C=O) groups excluding carboxylic acids is 3. The Bertz CT molecular complexity index is 1410. The summed E-state index contributed by atoms with van der Waals surface area (Å²) in [4.78, 5) is 36.4. The van der Waals surface area contributed by atoms with Crippen LogP contribution < -0.4 is 16.1 Å². The molecular formula is C29H27F6N3O5. The third-order valence-corrected chi connectivity index (χ3v) is 6.30. The van der Waals surface area contributed by atoms with Crippen molar-refractivity contribution in [1.29, 1.82) is 0 Å². The van der Waals surface area contributed by atoms with E-state index in [9.17, 15) is 45.8 Å². The monoisotopic (exact) mass is 611 g/mol. The molecule has 2 amide bonds. The number of halogens is 6. The maximum atomic E-state index is 13.0. The first-order valence-corrected chi connectivity index (χ1v) is 12.7. The minimum atomic E-state index is -4.96. The predicted molar refractivity (Wildman–Crippen MR) is 142 cm³/mol. The van der Waals surface area contributed by atoms with Crippen molar-refractivity contribution in [3.8, 4) is 11.1 Å². The number of hydroxylamine groups is 1. The zero-order valence-corrected chi connectivity index (χ0v) is 22.5. The van der Waals surface area contributed by atoms with Gasteiger partial charge in [0.25, 0.3) is 11.8 Å². The number of amides is 2. The average molecular weight is 612 g/mol. The highest BCUT2D eigenvalue weighted by atomic mass is 19.4. The van der Waals surface area contributed by atoms with Crippen LogP contribution >= 0.6 is 0 Å². The van der Waals surface area contributed by atoms with Gasteiger partial charge in [0.2, 0.25) is 0 Å². The number of aliphatic hydroxyl groups is 1. The van der Waals surface area contributed by atoms with Gasteiger partial charge in [0, 0.05) is 18.5 Å². The molecule has 0 aliphatic rings. The molecule has 0 fully saturated rings. The third-order valence-electron chi connectivity index (χ3n) is 6.30. The number of Topliss-reactive ketones (excluding diaryl/α,β-unsaturated/α-hetero) is 1. The Balaban J connectivity index is 1.57. The van der Waals surface area contributed by atoms with Crippen LogP contribution in [0, 0.1) is 0 Å². The molecule has 3 aromatic rings. The fourth-order valence-corrected chi connectivity index (χ4v) is 4.09. The van der Waals surface area contributed by atoms with Gasteiger partial charge in [0.15, 0.2) is 5.78 Å². The van der Waals surface area contributed by atoms with E-state index < -0.39 is 47.4 Å². The molecule has 2 atom stereocenters. The molecule has 0 saturated carbocycles. The molecule has 0 spiro atoms. The molecule has 0 bridgehead atoms. The molecule has 3 aromatic carbocycles. The van der Waals surface area contributed by atoms with E-state index in [2.05, 4.69) is 10.6 Å². The maximum absolute atomic E-state index is 13.0. The van der Waals surface area contributed by atoms with E-state index in [-0.39, 0.29) is 42.5 Å². The van der Waals surface area contributed by atoms with Gasteiger partial charge in [-0.15, -0.1) is 0 Å². The quantitative estimate of drug-likeness (QED) is 0.125. The Hall–Kier alpha value is -4.27. The lowest BCUT2D eigenvalue weighted by molar-refractivity contribution is -0.143. The van der Waals surface area contributed by atoms with Crippen LogP contribution in [-0.4, -0.2) is 46.6 Å². The highest BCUT2D eigenvalue weighted by Gasteiger charge is 2.36. The first-order chi connectivity index (χ1) is 20.1. The van der Waals surface area contributed by atoms with Gasteiger partial charge in [-0.2, -0.15) is 26.3 Å². The summed E-state index contributed by atoms with van der Waals surface area (Å²) in [6, 6.07) is 12.9. The summed E-state index contributed by atoms with van der Waals surface area (Å²) < 4.78 is 78.2. The lowest BCUT2D eigenvalue weighted by Crippen LogP contribution is -2.51. The Morgan fingerprint density at radius 1 is 0.791 bits per heavy atom. The van der Waals surface area contributed by atoms with Gasteiger partial charge >= 0.3 is 12.4 Å². The second kappa shape index (κ2) is 13.8. The van der Waals surface area contributed by atoms with Gasteiger partial charge in [-0.3, -0.25) is 19.6 Å². The van der Waals surface area contributed by atoms with Crippen molar-refractivity contribution in [1.82, 2.24) is 16.1 Å². The summed E-state index contributed by atoms with van der Waals surface area (Å²) in [6.45, 7) is 0.618. The third kappa shape index (κ3) is 9.36. The number of nitrogens with one attached hydrogen (secondary N) is 3. The molecule has 230 valence electrons. The standard InChI is InChI=1S/C29H27F6N3O5/c1-16(39)25(27(42)38-43)37-26(41)21-8-6-20(7-9-21)19-4-2-17(3-5-19)12-24(40)15-36-14-18-10-22(28(30,31)32)13-23(11-18)29(33,34)35/h2-11,13,16,25,36,39,43H,12,14-15H2,1H3,(H,37,41)(H,38,42)/t16-,25+/m1/s1. The predicted octanol–water partition coefficient (Wildman–Crippen LogP) is 4.28. The Morgan fingerprint density at radius 3 is 1.77 bits per heavy atom. The summed E-state index contributed by atoms with van der Waals surface area (Å²) in [5, 5.41) is 23.3. The fourth-order valence-electron chi connectivity index (χ4n) is 4.09. The molecule has 0 saturated heterocycles. The minimum absolute atomic E-state index is 0.0331. The van der Waals surface area contributed by atoms with Gasteiger partial charge in [-0.25, -0.2) is 5.48 Å². The first-order valence-electron chi connectivity index (χ1n) is 12.7. The van der Waals surface area contributed by atoms with Gasteiger partial charge in [0.1, 0.15) is 6.04 Å². The molecule has 14 heteroatoms. The van der Waals surface area contributed by atoms with Gasteiger partial charge in [-0.1, -0.05) is 36.4 Å². The SMILES string of the molecule is C[C@@H](O)[C@H](NC(=O)c1ccc(-c2ccc(CC(=O)CNCc3cc(C(F)(F)F)cc(C(F)(F)F)c3)cc2)cc1)C(=O)NO. The normalized spacial score (nSPS) is 13.2. The van der Waals surface area contributed by atoms with Gasteiger partial charge in [-0.05, 0) is 59.5 Å². The summed E-state index contributed by atoms with van der Waals surface area (Å²) >= 11 is 0. The summed E-state index contributed by atoms with van der Waals surface area (Å²) in [6.07, 6.45) is -11.2. The summed E-state index contributed by atoms with van der Waals surface area (Å²) in [5.41, 5.74) is 0.522. The van der Waals surface area contributed by atoms with Gasteiger partial charge in [0.05, 0.1) is 23.8 Å². The van der Waals surface area contributed by atoms with E-state index in [1.165, 1.54) is 24.5 Å². The van der Waals surface area contributed by atoms with Crippen LogP contribution in [0.3, 0.4) is 0 Å². The van der Waals surface area contributed by atoms with Crippen molar-refractivity contribution >= 4 is 17.6 Å². The lowest BCUT2D eigenvalue weighted by Gasteiger charge is -2.19. The van der Waals surface area contributed by atoms with Crippen molar-refractivity contribution in [2.24, 2.45) is 0 Å². The highest BCUT2D eigenvalue weighted by molar-refractivity contribution is 5.98.